The zero-order chi connectivity index (χ0) is 9.23. The number of rotatable bonds is 2. The van der Waals surface area contributed by atoms with Gasteiger partial charge in [0.05, 0.1) is 6.10 Å². The lowest BCUT2D eigenvalue weighted by molar-refractivity contribution is 0.183. The molecular formula is C11H18O. The Labute approximate surface area is 75.1 Å². The molecule has 0 spiro atoms. The molecule has 0 amide bonds. The molecule has 68 valence electrons. The Morgan fingerprint density at radius 1 is 1.00 bits per heavy atom. The molecule has 1 N–H and O–H groups in total. The van der Waals surface area contributed by atoms with Crippen LogP contribution in [0.1, 0.15) is 26.7 Å². The first-order chi connectivity index (χ1) is 5.77. The minimum absolute atomic E-state index is 0.102. The number of aliphatic hydroxyl groups is 1. The second-order valence-electron chi connectivity index (χ2n) is 2.79. The first-order valence-corrected chi connectivity index (χ1v) is 4.45. The molecule has 1 heteroatoms. The van der Waals surface area contributed by atoms with Crippen molar-refractivity contribution in [2.75, 3.05) is 0 Å². The second kappa shape index (κ2) is 8.28. The van der Waals surface area contributed by atoms with Gasteiger partial charge in [0.1, 0.15) is 0 Å². The predicted octanol–water partition coefficient (Wildman–Crippen LogP) is 2.85. The van der Waals surface area contributed by atoms with E-state index in [9.17, 15) is 0 Å². The van der Waals surface area contributed by atoms with Crippen molar-refractivity contribution in [3.8, 4) is 0 Å². The third kappa shape index (κ3) is 9.18. The Morgan fingerprint density at radius 3 is 1.42 bits per heavy atom. The summed E-state index contributed by atoms with van der Waals surface area (Å²) in [7, 11) is 0. The summed E-state index contributed by atoms with van der Waals surface area (Å²) >= 11 is 0. The molecule has 0 aliphatic heterocycles. The maximum atomic E-state index is 8.55. The van der Waals surface area contributed by atoms with E-state index in [4.69, 9.17) is 5.11 Å². The topological polar surface area (TPSA) is 20.2 Å². The van der Waals surface area contributed by atoms with E-state index in [-0.39, 0.29) is 6.10 Å². The Kier molecular flexibility index (Phi) is 7.71. The van der Waals surface area contributed by atoms with E-state index in [1.54, 1.807) is 0 Å². The molecule has 1 unspecified atom stereocenters. The van der Waals surface area contributed by atoms with Gasteiger partial charge >= 0.3 is 0 Å². The lowest BCUT2D eigenvalue weighted by atomic mass is 10.2. The summed E-state index contributed by atoms with van der Waals surface area (Å²) in [6.45, 7) is 3.87. The van der Waals surface area contributed by atoms with Crippen LogP contribution in [0.25, 0.3) is 0 Å². The van der Waals surface area contributed by atoms with Crippen molar-refractivity contribution in [3.05, 3.63) is 36.4 Å². The molecule has 0 saturated carbocycles. The van der Waals surface area contributed by atoms with Crippen molar-refractivity contribution in [1.29, 1.82) is 0 Å². The van der Waals surface area contributed by atoms with E-state index in [1.807, 2.05) is 43.3 Å². The Bertz CT molecular complexity index is 131. The van der Waals surface area contributed by atoms with E-state index >= 15 is 0 Å². The fourth-order valence-electron chi connectivity index (χ4n) is 0.803. The van der Waals surface area contributed by atoms with Crippen LogP contribution in [0.2, 0.25) is 0 Å². The van der Waals surface area contributed by atoms with E-state index in [0.717, 1.165) is 12.8 Å². The minimum atomic E-state index is -0.102. The normalized spacial score (nSPS) is 11.2. The van der Waals surface area contributed by atoms with Gasteiger partial charge in [-0.05, 0) is 13.3 Å². The van der Waals surface area contributed by atoms with Crippen LogP contribution in [-0.2, 0) is 0 Å². The molecule has 1 aromatic carbocycles. The van der Waals surface area contributed by atoms with E-state index < -0.39 is 0 Å². The molecule has 0 bridgehead atoms. The Balaban J connectivity index is 0.000000202. The number of aliphatic hydroxyl groups excluding tert-OH is 1. The van der Waals surface area contributed by atoms with Crippen molar-refractivity contribution in [2.45, 2.75) is 32.8 Å². The van der Waals surface area contributed by atoms with Gasteiger partial charge in [0.25, 0.3) is 0 Å². The molecule has 0 aromatic heterocycles. The SMILES string of the molecule is CCCC(C)O.c1ccccc1. The van der Waals surface area contributed by atoms with E-state index in [0.29, 0.717) is 0 Å². The smallest absolute Gasteiger partial charge is 0.0512 e. The maximum absolute atomic E-state index is 8.55. The average molecular weight is 166 g/mol. The molecule has 1 atom stereocenters. The van der Waals surface area contributed by atoms with Crippen LogP contribution in [0, 0.1) is 0 Å². The highest BCUT2D eigenvalue weighted by molar-refractivity contribution is 4.99. The fraction of sp³-hybridized carbons (Fsp3) is 0.455. The predicted molar refractivity (Wildman–Crippen MR) is 53.0 cm³/mol. The highest BCUT2D eigenvalue weighted by Gasteiger charge is 1.87. The number of hydrogen-bond donors (Lipinski definition) is 1. The molecule has 0 heterocycles. The second-order valence-corrected chi connectivity index (χ2v) is 2.79. The fourth-order valence-corrected chi connectivity index (χ4v) is 0.803. The van der Waals surface area contributed by atoms with Gasteiger partial charge in [-0.15, -0.1) is 0 Å². The van der Waals surface area contributed by atoms with Crippen molar-refractivity contribution < 1.29 is 5.11 Å². The summed E-state index contributed by atoms with van der Waals surface area (Å²) < 4.78 is 0. The quantitative estimate of drug-likeness (QED) is 0.716. The van der Waals surface area contributed by atoms with Crippen LogP contribution >= 0.6 is 0 Å². The Morgan fingerprint density at radius 2 is 1.33 bits per heavy atom. The summed E-state index contributed by atoms with van der Waals surface area (Å²) in [5.74, 6) is 0. The lowest BCUT2D eigenvalue weighted by Crippen LogP contribution is -1.95. The monoisotopic (exact) mass is 166 g/mol. The average Bonchev–Trinajstić information content (AvgIpc) is 2.08. The summed E-state index contributed by atoms with van der Waals surface area (Å²) in [4.78, 5) is 0. The van der Waals surface area contributed by atoms with Crippen LogP contribution < -0.4 is 0 Å². The third-order valence-electron chi connectivity index (χ3n) is 1.37. The van der Waals surface area contributed by atoms with E-state index in [1.165, 1.54) is 0 Å². The zero-order valence-electron chi connectivity index (χ0n) is 7.90. The largest absolute Gasteiger partial charge is 0.393 e. The molecule has 0 radical (unpaired) electrons. The van der Waals surface area contributed by atoms with Crippen LogP contribution in [0.5, 0.6) is 0 Å². The number of benzene rings is 1. The van der Waals surface area contributed by atoms with Gasteiger partial charge in [0.15, 0.2) is 0 Å². The Hall–Kier alpha value is -0.820. The summed E-state index contributed by atoms with van der Waals surface area (Å²) in [6.07, 6.45) is 1.91. The summed E-state index contributed by atoms with van der Waals surface area (Å²) in [5.41, 5.74) is 0. The molecular weight excluding hydrogens is 148 g/mol. The first-order valence-electron chi connectivity index (χ1n) is 4.45. The highest BCUT2D eigenvalue weighted by atomic mass is 16.3. The zero-order valence-corrected chi connectivity index (χ0v) is 7.90. The lowest BCUT2D eigenvalue weighted by Gasteiger charge is -1.95. The molecule has 0 fully saturated rings. The van der Waals surface area contributed by atoms with Crippen LogP contribution in [0.3, 0.4) is 0 Å². The molecule has 0 saturated heterocycles. The molecule has 0 aliphatic carbocycles. The van der Waals surface area contributed by atoms with Crippen molar-refractivity contribution >= 4 is 0 Å². The first kappa shape index (κ1) is 11.2. The summed E-state index contributed by atoms with van der Waals surface area (Å²) in [5, 5.41) is 8.55. The highest BCUT2D eigenvalue weighted by Crippen LogP contribution is 1.91. The minimum Gasteiger partial charge on any atom is -0.393 e. The van der Waals surface area contributed by atoms with Gasteiger partial charge in [-0.3, -0.25) is 0 Å². The van der Waals surface area contributed by atoms with Crippen molar-refractivity contribution in [3.63, 3.8) is 0 Å². The van der Waals surface area contributed by atoms with Gasteiger partial charge in [-0.1, -0.05) is 49.7 Å². The van der Waals surface area contributed by atoms with Gasteiger partial charge in [0, 0.05) is 0 Å². The van der Waals surface area contributed by atoms with Gasteiger partial charge in [0.2, 0.25) is 0 Å². The molecule has 1 nitrogen and oxygen atoms in total. The maximum Gasteiger partial charge on any atom is 0.0512 e. The molecule has 1 aromatic rings. The van der Waals surface area contributed by atoms with Crippen LogP contribution in [-0.4, -0.2) is 11.2 Å². The molecule has 12 heavy (non-hydrogen) atoms. The van der Waals surface area contributed by atoms with Crippen LogP contribution in [0.15, 0.2) is 36.4 Å². The van der Waals surface area contributed by atoms with E-state index in [2.05, 4.69) is 6.92 Å². The van der Waals surface area contributed by atoms with Crippen LogP contribution in [0.4, 0.5) is 0 Å². The van der Waals surface area contributed by atoms with Crippen molar-refractivity contribution in [2.24, 2.45) is 0 Å². The molecule has 1 rings (SSSR count). The summed E-state index contributed by atoms with van der Waals surface area (Å²) in [6, 6.07) is 12.0. The van der Waals surface area contributed by atoms with Crippen molar-refractivity contribution in [1.82, 2.24) is 0 Å². The standard InChI is InChI=1S/C6H6.C5H12O/c1-2-4-6-5-3-1;1-3-4-5(2)6/h1-6H;5-6H,3-4H2,1-2H3. The number of hydrogen-bond acceptors (Lipinski definition) is 1. The van der Waals surface area contributed by atoms with Gasteiger partial charge < -0.3 is 5.11 Å². The van der Waals surface area contributed by atoms with Gasteiger partial charge in [-0.25, -0.2) is 0 Å². The molecule has 0 aliphatic rings. The van der Waals surface area contributed by atoms with Gasteiger partial charge in [-0.2, -0.15) is 0 Å². The third-order valence-corrected chi connectivity index (χ3v) is 1.37.